The second-order valence-corrected chi connectivity index (χ2v) is 3.79. The zero-order valence-electron chi connectivity index (χ0n) is 9.83. The van der Waals surface area contributed by atoms with Crippen molar-refractivity contribution in [3.05, 3.63) is 33.9 Å². The summed E-state index contributed by atoms with van der Waals surface area (Å²) in [6.45, 7) is 1.75. The van der Waals surface area contributed by atoms with Crippen molar-refractivity contribution < 1.29 is 19.6 Å². The SMILES string of the molecule is Cc1cc(OCCC(N)C(=O)O)ccc1[N+](=O)[O-]. The number of carbonyl (C=O) groups is 1. The lowest BCUT2D eigenvalue weighted by molar-refractivity contribution is -0.385. The summed E-state index contributed by atoms with van der Waals surface area (Å²) in [6, 6.07) is 3.38. The quantitative estimate of drug-likeness (QED) is 0.579. The van der Waals surface area contributed by atoms with Crippen LogP contribution in [0, 0.1) is 17.0 Å². The van der Waals surface area contributed by atoms with Crippen LogP contribution < -0.4 is 10.5 Å². The molecule has 7 heteroatoms. The van der Waals surface area contributed by atoms with Crippen LogP contribution in [0.5, 0.6) is 5.75 Å². The highest BCUT2D eigenvalue weighted by atomic mass is 16.6. The molecule has 0 saturated heterocycles. The molecular weight excluding hydrogens is 240 g/mol. The van der Waals surface area contributed by atoms with E-state index in [0.717, 1.165) is 0 Å². The number of carboxylic acid groups (broad SMARTS) is 1. The Bertz CT molecular complexity index is 461. The minimum Gasteiger partial charge on any atom is -0.494 e. The molecule has 0 amide bonds. The van der Waals surface area contributed by atoms with E-state index in [9.17, 15) is 14.9 Å². The molecule has 0 aliphatic carbocycles. The fourth-order valence-electron chi connectivity index (χ4n) is 1.35. The van der Waals surface area contributed by atoms with Crippen molar-refractivity contribution in [1.29, 1.82) is 0 Å². The highest BCUT2D eigenvalue weighted by Crippen LogP contribution is 2.23. The summed E-state index contributed by atoms with van der Waals surface area (Å²) in [7, 11) is 0. The molecule has 0 heterocycles. The maximum absolute atomic E-state index is 10.6. The van der Waals surface area contributed by atoms with Crippen LogP contribution in [0.25, 0.3) is 0 Å². The molecule has 1 rings (SSSR count). The van der Waals surface area contributed by atoms with Crippen LogP contribution in [-0.4, -0.2) is 28.6 Å². The van der Waals surface area contributed by atoms with Crippen LogP contribution >= 0.6 is 0 Å². The standard InChI is InChI=1S/C11H14N2O5/c1-7-6-8(2-3-10(7)13(16)17)18-5-4-9(12)11(14)15/h2-3,6,9H,4-5,12H2,1H3,(H,14,15). The Labute approximate surface area is 103 Å². The summed E-state index contributed by atoms with van der Waals surface area (Å²) in [5.41, 5.74) is 5.81. The maximum atomic E-state index is 10.6. The molecule has 0 fully saturated rings. The number of rotatable bonds is 6. The Hall–Kier alpha value is -2.15. The van der Waals surface area contributed by atoms with E-state index in [1.165, 1.54) is 18.2 Å². The van der Waals surface area contributed by atoms with Gasteiger partial charge in [0.25, 0.3) is 5.69 Å². The monoisotopic (exact) mass is 254 g/mol. The number of nitrogens with two attached hydrogens (primary N) is 1. The van der Waals surface area contributed by atoms with Gasteiger partial charge in [-0.15, -0.1) is 0 Å². The predicted molar refractivity (Wildman–Crippen MR) is 63.6 cm³/mol. The number of carboxylic acids is 1. The average molecular weight is 254 g/mol. The fourth-order valence-corrected chi connectivity index (χ4v) is 1.35. The molecular formula is C11H14N2O5. The number of nitro benzene ring substituents is 1. The van der Waals surface area contributed by atoms with E-state index in [1.807, 2.05) is 0 Å². The van der Waals surface area contributed by atoms with Crippen molar-refractivity contribution in [2.24, 2.45) is 5.73 Å². The molecule has 18 heavy (non-hydrogen) atoms. The summed E-state index contributed by atoms with van der Waals surface area (Å²) in [4.78, 5) is 20.6. The second kappa shape index (κ2) is 5.97. The van der Waals surface area contributed by atoms with E-state index in [1.54, 1.807) is 6.92 Å². The van der Waals surface area contributed by atoms with Crippen molar-refractivity contribution >= 4 is 11.7 Å². The topological polar surface area (TPSA) is 116 Å². The molecule has 0 aliphatic heterocycles. The van der Waals surface area contributed by atoms with E-state index in [-0.39, 0.29) is 18.7 Å². The molecule has 7 nitrogen and oxygen atoms in total. The molecule has 98 valence electrons. The van der Waals surface area contributed by atoms with E-state index in [2.05, 4.69) is 0 Å². The molecule has 1 aromatic carbocycles. The Balaban J connectivity index is 2.56. The first kappa shape index (κ1) is 13.9. The molecule has 0 aromatic heterocycles. The lowest BCUT2D eigenvalue weighted by Crippen LogP contribution is -2.31. The van der Waals surface area contributed by atoms with E-state index < -0.39 is 16.9 Å². The van der Waals surface area contributed by atoms with Gasteiger partial charge >= 0.3 is 5.97 Å². The molecule has 0 spiro atoms. The van der Waals surface area contributed by atoms with Gasteiger partial charge in [-0.2, -0.15) is 0 Å². The number of nitro groups is 1. The van der Waals surface area contributed by atoms with Gasteiger partial charge in [0.2, 0.25) is 0 Å². The first-order chi connectivity index (χ1) is 8.41. The Kier molecular flexibility index (Phi) is 4.61. The van der Waals surface area contributed by atoms with Gasteiger partial charge in [0, 0.05) is 18.1 Å². The zero-order chi connectivity index (χ0) is 13.7. The first-order valence-corrected chi connectivity index (χ1v) is 5.28. The third kappa shape index (κ3) is 3.70. The average Bonchev–Trinajstić information content (AvgIpc) is 2.28. The normalized spacial score (nSPS) is 11.9. The highest BCUT2D eigenvalue weighted by molar-refractivity contribution is 5.72. The lowest BCUT2D eigenvalue weighted by atomic mass is 10.2. The molecule has 0 aliphatic rings. The van der Waals surface area contributed by atoms with Gasteiger partial charge < -0.3 is 15.6 Å². The number of nitrogens with zero attached hydrogens (tertiary/aromatic N) is 1. The van der Waals surface area contributed by atoms with E-state index in [4.69, 9.17) is 15.6 Å². The van der Waals surface area contributed by atoms with Gasteiger partial charge in [-0.3, -0.25) is 14.9 Å². The van der Waals surface area contributed by atoms with Gasteiger partial charge in [0.15, 0.2) is 0 Å². The summed E-state index contributed by atoms with van der Waals surface area (Å²) in [5.74, 6) is -0.630. The van der Waals surface area contributed by atoms with E-state index >= 15 is 0 Å². The number of ether oxygens (including phenoxy) is 1. The molecule has 0 radical (unpaired) electrons. The van der Waals surface area contributed by atoms with Crippen molar-refractivity contribution in [3.63, 3.8) is 0 Å². The fraction of sp³-hybridized carbons (Fsp3) is 0.364. The minimum absolute atomic E-state index is 0.0181. The van der Waals surface area contributed by atoms with Gasteiger partial charge in [-0.1, -0.05) is 0 Å². The third-order valence-corrected chi connectivity index (χ3v) is 2.38. The van der Waals surface area contributed by atoms with Crippen LogP contribution in [0.15, 0.2) is 18.2 Å². The molecule has 1 atom stereocenters. The number of hydrogen-bond acceptors (Lipinski definition) is 5. The Morgan fingerprint density at radius 2 is 2.28 bits per heavy atom. The highest BCUT2D eigenvalue weighted by Gasteiger charge is 2.13. The number of benzene rings is 1. The van der Waals surface area contributed by atoms with Crippen molar-refractivity contribution in [2.75, 3.05) is 6.61 Å². The summed E-state index contributed by atoms with van der Waals surface area (Å²) < 4.78 is 5.28. The molecule has 0 saturated carbocycles. The lowest BCUT2D eigenvalue weighted by Gasteiger charge is -2.09. The van der Waals surface area contributed by atoms with Gasteiger partial charge in [-0.05, 0) is 19.1 Å². The first-order valence-electron chi connectivity index (χ1n) is 5.28. The van der Waals surface area contributed by atoms with E-state index in [0.29, 0.717) is 11.3 Å². The van der Waals surface area contributed by atoms with Crippen LogP contribution in [0.3, 0.4) is 0 Å². The molecule has 0 bridgehead atoms. The number of aliphatic carboxylic acids is 1. The van der Waals surface area contributed by atoms with Crippen LogP contribution in [0.4, 0.5) is 5.69 Å². The van der Waals surface area contributed by atoms with Crippen molar-refractivity contribution in [2.45, 2.75) is 19.4 Å². The van der Waals surface area contributed by atoms with Gasteiger partial charge in [0.05, 0.1) is 11.5 Å². The predicted octanol–water partition coefficient (Wildman–Crippen LogP) is 1.08. The molecule has 3 N–H and O–H groups in total. The number of aryl methyl sites for hydroxylation is 1. The van der Waals surface area contributed by atoms with Crippen LogP contribution in [0.1, 0.15) is 12.0 Å². The second-order valence-electron chi connectivity index (χ2n) is 3.79. The largest absolute Gasteiger partial charge is 0.494 e. The van der Waals surface area contributed by atoms with Crippen molar-refractivity contribution in [3.8, 4) is 5.75 Å². The van der Waals surface area contributed by atoms with Crippen LogP contribution in [0.2, 0.25) is 0 Å². The van der Waals surface area contributed by atoms with Crippen molar-refractivity contribution in [1.82, 2.24) is 0 Å². The summed E-state index contributed by atoms with van der Waals surface area (Å²) in [5, 5.41) is 19.2. The third-order valence-electron chi connectivity index (χ3n) is 2.38. The number of hydrogen-bond donors (Lipinski definition) is 2. The molecule has 1 unspecified atom stereocenters. The maximum Gasteiger partial charge on any atom is 0.320 e. The molecule has 1 aromatic rings. The van der Waals surface area contributed by atoms with Gasteiger partial charge in [0.1, 0.15) is 11.8 Å². The Morgan fingerprint density at radius 3 is 2.78 bits per heavy atom. The van der Waals surface area contributed by atoms with Crippen LogP contribution in [-0.2, 0) is 4.79 Å². The Morgan fingerprint density at radius 1 is 1.61 bits per heavy atom. The smallest absolute Gasteiger partial charge is 0.320 e. The summed E-state index contributed by atoms with van der Waals surface area (Å²) >= 11 is 0. The zero-order valence-corrected chi connectivity index (χ0v) is 9.83. The minimum atomic E-state index is -1.08. The van der Waals surface area contributed by atoms with Gasteiger partial charge in [-0.25, -0.2) is 0 Å². The summed E-state index contributed by atoms with van der Waals surface area (Å²) in [6.07, 6.45) is 0.172.